The van der Waals surface area contributed by atoms with Crippen LogP contribution in [0, 0.1) is 0 Å². The van der Waals surface area contributed by atoms with Crippen LogP contribution in [-0.2, 0) is 12.8 Å². The molecule has 1 amide bonds. The van der Waals surface area contributed by atoms with Gasteiger partial charge in [0.1, 0.15) is 11.3 Å². The second kappa shape index (κ2) is 4.72. The summed E-state index contributed by atoms with van der Waals surface area (Å²) in [5.41, 5.74) is 8.29. The van der Waals surface area contributed by atoms with Crippen LogP contribution in [0.4, 0.5) is 0 Å². The molecule has 3 rings (SSSR count). The standard InChI is InChI=1S/C15H14N2O2/c16-14(18)13-5-2-8-17-15(13)19-12-7-6-10-3-1-4-11(10)9-12/h2,5-9H,1,3-4H2,(H2,16,18). The number of pyridine rings is 1. The van der Waals surface area contributed by atoms with Crippen molar-refractivity contribution in [2.45, 2.75) is 19.3 Å². The highest BCUT2D eigenvalue weighted by Gasteiger charge is 2.14. The van der Waals surface area contributed by atoms with Gasteiger partial charge in [0, 0.05) is 6.20 Å². The normalized spacial score (nSPS) is 13.1. The Morgan fingerprint density at radius 3 is 2.89 bits per heavy atom. The van der Waals surface area contributed by atoms with Gasteiger partial charge in [0.2, 0.25) is 5.88 Å². The quantitative estimate of drug-likeness (QED) is 0.915. The van der Waals surface area contributed by atoms with Crippen molar-refractivity contribution in [3.63, 3.8) is 0 Å². The minimum atomic E-state index is -0.538. The third-order valence-electron chi connectivity index (χ3n) is 3.32. The molecule has 1 heterocycles. The van der Waals surface area contributed by atoms with Crippen molar-refractivity contribution in [2.75, 3.05) is 0 Å². The highest BCUT2D eigenvalue weighted by atomic mass is 16.5. The number of carbonyl (C=O) groups excluding carboxylic acids is 1. The number of amides is 1. The molecule has 0 radical (unpaired) electrons. The van der Waals surface area contributed by atoms with Crippen LogP contribution in [0.3, 0.4) is 0 Å². The molecule has 4 nitrogen and oxygen atoms in total. The maximum atomic E-state index is 11.3. The number of carbonyl (C=O) groups is 1. The molecule has 96 valence electrons. The zero-order valence-electron chi connectivity index (χ0n) is 10.4. The van der Waals surface area contributed by atoms with E-state index in [1.807, 2.05) is 12.1 Å². The number of primary amides is 1. The van der Waals surface area contributed by atoms with Crippen molar-refractivity contribution in [1.82, 2.24) is 4.98 Å². The van der Waals surface area contributed by atoms with Crippen LogP contribution in [0.1, 0.15) is 27.9 Å². The number of ether oxygens (including phenoxy) is 1. The van der Waals surface area contributed by atoms with E-state index >= 15 is 0 Å². The van der Waals surface area contributed by atoms with Crippen molar-refractivity contribution in [2.24, 2.45) is 5.73 Å². The third-order valence-corrected chi connectivity index (χ3v) is 3.32. The van der Waals surface area contributed by atoms with E-state index < -0.39 is 5.91 Å². The number of hydrogen-bond acceptors (Lipinski definition) is 3. The van der Waals surface area contributed by atoms with Crippen LogP contribution in [-0.4, -0.2) is 10.9 Å². The number of nitrogens with zero attached hydrogens (tertiary/aromatic N) is 1. The number of aryl methyl sites for hydroxylation is 2. The van der Waals surface area contributed by atoms with E-state index in [0.29, 0.717) is 11.3 Å². The van der Waals surface area contributed by atoms with Gasteiger partial charge in [-0.3, -0.25) is 4.79 Å². The summed E-state index contributed by atoms with van der Waals surface area (Å²) >= 11 is 0. The fraction of sp³-hybridized carbons (Fsp3) is 0.200. The summed E-state index contributed by atoms with van der Waals surface area (Å²) in [6.07, 6.45) is 4.98. The fourth-order valence-corrected chi connectivity index (χ4v) is 2.38. The third kappa shape index (κ3) is 2.29. The molecular weight excluding hydrogens is 240 g/mol. The highest BCUT2D eigenvalue weighted by Crippen LogP contribution is 2.29. The van der Waals surface area contributed by atoms with Gasteiger partial charge in [-0.05, 0) is 54.7 Å². The van der Waals surface area contributed by atoms with Gasteiger partial charge >= 0.3 is 0 Å². The molecule has 4 heteroatoms. The summed E-state index contributed by atoms with van der Waals surface area (Å²) in [6.45, 7) is 0. The second-order valence-electron chi connectivity index (χ2n) is 4.61. The molecule has 0 saturated carbocycles. The first kappa shape index (κ1) is 11.7. The topological polar surface area (TPSA) is 65.2 Å². The first-order valence-corrected chi connectivity index (χ1v) is 6.28. The predicted octanol–water partition coefficient (Wildman–Crippen LogP) is 2.46. The van der Waals surface area contributed by atoms with Crippen molar-refractivity contribution in [3.8, 4) is 11.6 Å². The maximum absolute atomic E-state index is 11.3. The number of rotatable bonds is 3. The van der Waals surface area contributed by atoms with Crippen LogP contribution in [0.5, 0.6) is 11.6 Å². The lowest BCUT2D eigenvalue weighted by molar-refractivity contribution is 0.0997. The van der Waals surface area contributed by atoms with Crippen molar-refractivity contribution < 1.29 is 9.53 Å². The lowest BCUT2D eigenvalue weighted by Crippen LogP contribution is -2.12. The summed E-state index contributed by atoms with van der Waals surface area (Å²) < 4.78 is 5.68. The zero-order chi connectivity index (χ0) is 13.2. The van der Waals surface area contributed by atoms with Gasteiger partial charge < -0.3 is 10.5 Å². The number of aromatic nitrogens is 1. The lowest BCUT2D eigenvalue weighted by atomic mass is 10.1. The van der Waals surface area contributed by atoms with E-state index in [1.165, 1.54) is 17.5 Å². The van der Waals surface area contributed by atoms with Crippen molar-refractivity contribution in [1.29, 1.82) is 0 Å². The molecule has 1 aliphatic carbocycles. The summed E-state index contributed by atoms with van der Waals surface area (Å²) in [5.74, 6) is 0.416. The minimum absolute atomic E-state index is 0.257. The number of benzene rings is 1. The molecule has 0 atom stereocenters. The Bertz CT molecular complexity index is 638. The SMILES string of the molecule is NC(=O)c1cccnc1Oc1ccc2c(c1)CCC2. The average molecular weight is 254 g/mol. The van der Waals surface area contributed by atoms with E-state index in [0.717, 1.165) is 12.8 Å². The lowest BCUT2D eigenvalue weighted by Gasteiger charge is -2.09. The Morgan fingerprint density at radius 2 is 2.05 bits per heavy atom. The van der Waals surface area contributed by atoms with Crippen LogP contribution in [0.2, 0.25) is 0 Å². The van der Waals surface area contributed by atoms with Gasteiger partial charge in [-0.1, -0.05) is 6.07 Å². The Labute approximate surface area is 111 Å². The Hall–Kier alpha value is -2.36. The number of nitrogens with two attached hydrogens (primary N) is 1. The molecular formula is C15H14N2O2. The summed E-state index contributed by atoms with van der Waals surface area (Å²) in [6, 6.07) is 9.27. The van der Waals surface area contributed by atoms with Crippen LogP contribution >= 0.6 is 0 Å². The van der Waals surface area contributed by atoms with Gasteiger partial charge in [-0.15, -0.1) is 0 Å². The molecule has 2 N–H and O–H groups in total. The molecule has 2 aromatic rings. The van der Waals surface area contributed by atoms with Crippen molar-refractivity contribution >= 4 is 5.91 Å². The van der Waals surface area contributed by atoms with Gasteiger partial charge in [0.15, 0.2) is 0 Å². The van der Waals surface area contributed by atoms with E-state index in [1.54, 1.807) is 18.3 Å². The Balaban J connectivity index is 1.91. The first-order chi connectivity index (χ1) is 9.24. The van der Waals surface area contributed by atoms with E-state index in [4.69, 9.17) is 10.5 Å². The second-order valence-corrected chi connectivity index (χ2v) is 4.61. The summed E-state index contributed by atoms with van der Waals surface area (Å²) in [5, 5.41) is 0. The fourth-order valence-electron chi connectivity index (χ4n) is 2.38. The monoisotopic (exact) mass is 254 g/mol. The number of hydrogen-bond donors (Lipinski definition) is 1. The van der Waals surface area contributed by atoms with Crippen LogP contribution in [0.15, 0.2) is 36.5 Å². The highest BCUT2D eigenvalue weighted by molar-refractivity contribution is 5.95. The maximum Gasteiger partial charge on any atom is 0.254 e. The molecule has 1 aliphatic rings. The van der Waals surface area contributed by atoms with E-state index in [2.05, 4.69) is 11.1 Å². The van der Waals surface area contributed by atoms with E-state index in [-0.39, 0.29) is 5.88 Å². The molecule has 0 bridgehead atoms. The molecule has 1 aromatic carbocycles. The molecule has 0 unspecified atom stereocenters. The molecule has 19 heavy (non-hydrogen) atoms. The molecule has 1 aromatic heterocycles. The van der Waals surface area contributed by atoms with Crippen LogP contribution < -0.4 is 10.5 Å². The molecule has 0 fully saturated rings. The van der Waals surface area contributed by atoms with Gasteiger partial charge in [-0.2, -0.15) is 0 Å². The molecule has 0 aliphatic heterocycles. The summed E-state index contributed by atoms with van der Waals surface area (Å²) in [7, 11) is 0. The summed E-state index contributed by atoms with van der Waals surface area (Å²) in [4.78, 5) is 15.4. The number of fused-ring (bicyclic) bond motifs is 1. The van der Waals surface area contributed by atoms with Gasteiger partial charge in [0.25, 0.3) is 5.91 Å². The smallest absolute Gasteiger partial charge is 0.254 e. The first-order valence-electron chi connectivity index (χ1n) is 6.28. The largest absolute Gasteiger partial charge is 0.438 e. The Morgan fingerprint density at radius 1 is 1.21 bits per heavy atom. The predicted molar refractivity (Wildman–Crippen MR) is 71.3 cm³/mol. The zero-order valence-corrected chi connectivity index (χ0v) is 10.4. The minimum Gasteiger partial charge on any atom is -0.438 e. The average Bonchev–Trinajstić information content (AvgIpc) is 2.86. The molecule has 0 saturated heterocycles. The van der Waals surface area contributed by atoms with Crippen molar-refractivity contribution in [3.05, 3.63) is 53.2 Å². The molecule has 0 spiro atoms. The van der Waals surface area contributed by atoms with Crippen LogP contribution in [0.25, 0.3) is 0 Å². The van der Waals surface area contributed by atoms with E-state index in [9.17, 15) is 4.79 Å². The Kier molecular flexibility index (Phi) is 2.91. The van der Waals surface area contributed by atoms with Gasteiger partial charge in [-0.25, -0.2) is 4.98 Å². The van der Waals surface area contributed by atoms with Gasteiger partial charge in [0.05, 0.1) is 0 Å².